The molecular weight excluding hydrogens is 334 g/mol. The number of carbonyl (C=O) groups excluding carboxylic acids is 1. The molecule has 0 aliphatic heterocycles. The van der Waals surface area contributed by atoms with Crippen LogP contribution in [0.1, 0.15) is 16.0 Å². The summed E-state index contributed by atoms with van der Waals surface area (Å²) in [5, 5.41) is 11.8. The Kier molecular flexibility index (Phi) is 5.78. The number of benzene rings is 2. The summed E-state index contributed by atoms with van der Waals surface area (Å²) in [6, 6.07) is 15.2. The van der Waals surface area contributed by atoms with Crippen molar-refractivity contribution in [1.29, 1.82) is 0 Å². The molecule has 1 atom stereocenters. The fraction of sp³-hybridized carbons (Fsp3) is 0.188. The van der Waals surface area contributed by atoms with Gasteiger partial charge in [-0.25, -0.2) is 0 Å². The van der Waals surface area contributed by atoms with Crippen molar-refractivity contribution >= 4 is 28.0 Å². The fourth-order valence-corrected chi connectivity index (χ4v) is 2.17. The maximum atomic E-state index is 10.7. The smallest absolute Gasteiger partial charge is 0.211 e. The highest BCUT2D eigenvalue weighted by molar-refractivity contribution is 9.09. The highest BCUT2D eigenvalue weighted by Crippen LogP contribution is 2.31. The van der Waals surface area contributed by atoms with Gasteiger partial charge >= 0.3 is 0 Å². The van der Waals surface area contributed by atoms with Gasteiger partial charge in [-0.3, -0.25) is 4.79 Å². The minimum atomic E-state index is -0.173. The number of hydrogen-bond acceptors (Lipinski definition) is 3. The van der Waals surface area contributed by atoms with Crippen LogP contribution in [-0.2, 0) is 11.4 Å². The average Bonchev–Trinajstić information content (AvgIpc) is 2.54. The molecule has 0 unspecified atom stereocenters. The fourth-order valence-electron chi connectivity index (χ4n) is 1.89. The van der Waals surface area contributed by atoms with Crippen LogP contribution in [0, 0.1) is 0 Å². The van der Waals surface area contributed by atoms with Crippen LogP contribution in [0.25, 0.3) is 0 Å². The first-order valence-corrected chi connectivity index (χ1v) is 7.42. The highest BCUT2D eigenvalue weighted by atomic mass is 79.9. The van der Waals surface area contributed by atoms with E-state index in [4.69, 9.17) is 9.84 Å². The Morgan fingerprint density at radius 3 is 2.67 bits per heavy atom. The van der Waals surface area contributed by atoms with E-state index in [-0.39, 0.29) is 11.4 Å². The molecule has 5 heteroatoms. The van der Waals surface area contributed by atoms with E-state index in [1.165, 1.54) is 0 Å². The van der Waals surface area contributed by atoms with E-state index in [0.717, 1.165) is 11.1 Å². The summed E-state index contributed by atoms with van der Waals surface area (Å²) in [7, 11) is 0. The van der Waals surface area contributed by atoms with Crippen LogP contribution in [0.15, 0.2) is 48.5 Å². The van der Waals surface area contributed by atoms with Crippen molar-refractivity contribution in [1.82, 2.24) is 0 Å². The van der Waals surface area contributed by atoms with Crippen molar-refractivity contribution in [3.8, 4) is 5.75 Å². The number of anilines is 1. The summed E-state index contributed by atoms with van der Waals surface area (Å²) in [5.74, 6) is 0.590. The molecule has 0 aliphatic carbocycles. The number of nitrogens with one attached hydrogen (secondary N) is 1. The Balaban J connectivity index is 2.16. The van der Waals surface area contributed by atoms with Crippen LogP contribution in [0.5, 0.6) is 5.75 Å². The third kappa shape index (κ3) is 4.31. The molecule has 0 radical (unpaired) electrons. The predicted molar refractivity (Wildman–Crippen MR) is 85.7 cm³/mol. The second-order valence-corrected chi connectivity index (χ2v) is 5.55. The van der Waals surface area contributed by atoms with Gasteiger partial charge in [0.25, 0.3) is 0 Å². The van der Waals surface area contributed by atoms with Gasteiger partial charge in [-0.15, -0.1) is 0 Å². The standard InChI is InChI=1S/C16H16BrNO3/c17-14(9-19)13-6-7-16(15(8-13)18-11-20)21-10-12-4-2-1-3-5-12/h1-8,11,14,19H,9-10H2,(H,18,20)/t14-/m0/s1. The number of aliphatic hydroxyl groups is 1. The van der Waals surface area contributed by atoms with Crippen molar-refractivity contribution in [2.24, 2.45) is 0 Å². The lowest BCUT2D eigenvalue weighted by molar-refractivity contribution is -0.105. The predicted octanol–water partition coefficient (Wildman–Crippen LogP) is 3.26. The van der Waals surface area contributed by atoms with E-state index in [1.54, 1.807) is 12.1 Å². The summed E-state index contributed by atoms with van der Waals surface area (Å²) in [6.45, 7) is 0.399. The van der Waals surface area contributed by atoms with Crippen molar-refractivity contribution in [3.63, 3.8) is 0 Å². The van der Waals surface area contributed by atoms with Gasteiger partial charge in [0.1, 0.15) is 12.4 Å². The molecule has 0 heterocycles. The Hall–Kier alpha value is -1.85. The summed E-state index contributed by atoms with van der Waals surface area (Å²) in [6.07, 6.45) is 0.608. The van der Waals surface area contributed by atoms with E-state index in [0.29, 0.717) is 24.5 Å². The molecule has 2 rings (SSSR count). The first-order valence-electron chi connectivity index (χ1n) is 6.50. The van der Waals surface area contributed by atoms with Gasteiger partial charge < -0.3 is 15.2 Å². The second kappa shape index (κ2) is 7.81. The van der Waals surface area contributed by atoms with Gasteiger partial charge in [-0.05, 0) is 23.3 Å². The maximum Gasteiger partial charge on any atom is 0.211 e. The lowest BCUT2D eigenvalue weighted by atomic mass is 10.1. The van der Waals surface area contributed by atoms with Crippen LogP contribution in [0.2, 0.25) is 0 Å². The zero-order valence-corrected chi connectivity index (χ0v) is 12.9. The highest BCUT2D eigenvalue weighted by Gasteiger charge is 2.10. The number of hydrogen-bond donors (Lipinski definition) is 2. The zero-order chi connectivity index (χ0) is 15.1. The van der Waals surface area contributed by atoms with Gasteiger partial charge in [0.2, 0.25) is 6.41 Å². The van der Waals surface area contributed by atoms with Crippen molar-refractivity contribution in [2.75, 3.05) is 11.9 Å². The molecule has 2 aromatic rings. The lowest BCUT2D eigenvalue weighted by Gasteiger charge is -2.14. The van der Waals surface area contributed by atoms with Crippen LogP contribution in [-0.4, -0.2) is 18.1 Å². The number of alkyl halides is 1. The van der Waals surface area contributed by atoms with Crippen LogP contribution in [0.3, 0.4) is 0 Å². The molecule has 110 valence electrons. The van der Waals surface area contributed by atoms with Gasteiger partial charge in [0.05, 0.1) is 17.1 Å². The maximum absolute atomic E-state index is 10.7. The molecule has 0 fully saturated rings. The SMILES string of the molecule is O=CNc1cc([C@@H](Br)CO)ccc1OCc1ccccc1. The molecule has 4 nitrogen and oxygen atoms in total. The largest absolute Gasteiger partial charge is 0.487 e. The molecule has 21 heavy (non-hydrogen) atoms. The van der Waals surface area contributed by atoms with Crippen molar-refractivity contribution in [2.45, 2.75) is 11.4 Å². The Morgan fingerprint density at radius 1 is 1.24 bits per heavy atom. The van der Waals surface area contributed by atoms with Crippen LogP contribution in [0.4, 0.5) is 5.69 Å². The van der Waals surface area contributed by atoms with Crippen LogP contribution >= 0.6 is 15.9 Å². The second-order valence-electron chi connectivity index (χ2n) is 4.44. The first-order chi connectivity index (χ1) is 10.2. The summed E-state index contributed by atoms with van der Waals surface area (Å²) in [5.41, 5.74) is 2.50. The normalized spacial score (nSPS) is 11.7. The molecule has 0 saturated heterocycles. The third-order valence-corrected chi connectivity index (χ3v) is 3.80. The molecule has 0 aromatic heterocycles. The Morgan fingerprint density at radius 2 is 2.00 bits per heavy atom. The lowest BCUT2D eigenvalue weighted by Crippen LogP contribution is -2.03. The van der Waals surface area contributed by atoms with Gasteiger partial charge in [-0.2, -0.15) is 0 Å². The van der Waals surface area contributed by atoms with Crippen molar-refractivity contribution < 1.29 is 14.6 Å². The minimum absolute atomic E-state index is 0.0231. The molecule has 0 bridgehead atoms. The van der Waals surface area contributed by atoms with E-state index in [2.05, 4.69) is 21.2 Å². The number of aliphatic hydroxyl groups excluding tert-OH is 1. The molecule has 2 N–H and O–H groups in total. The van der Waals surface area contributed by atoms with E-state index in [1.807, 2.05) is 36.4 Å². The summed E-state index contributed by atoms with van der Waals surface area (Å²) >= 11 is 3.36. The summed E-state index contributed by atoms with van der Waals surface area (Å²) in [4.78, 5) is 10.6. The topological polar surface area (TPSA) is 58.6 Å². The van der Waals surface area contributed by atoms with Crippen molar-refractivity contribution in [3.05, 3.63) is 59.7 Å². The van der Waals surface area contributed by atoms with Gasteiger partial charge in [0.15, 0.2) is 0 Å². The molecule has 1 amide bonds. The monoisotopic (exact) mass is 349 g/mol. The van der Waals surface area contributed by atoms with Crippen LogP contribution < -0.4 is 10.1 Å². The number of carbonyl (C=O) groups is 1. The van der Waals surface area contributed by atoms with Gasteiger partial charge in [0, 0.05) is 0 Å². The molecule has 0 saturated carbocycles. The number of amides is 1. The van der Waals surface area contributed by atoms with E-state index >= 15 is 0 Å². The number of halogens is 1. The minimum Gasteiger partial charge on any atom is -0.487 e. The first kappa shape index (κ1) is 15.5. The molecular formula is C16H16BrNO3. The molecule has 2 aromatic carbocycles. The van der Waals surface area contributed by atoms with E-state index < -0.39 is 0 Å². The zero-order valence-electron chi connectivity index (χ0n) is 11.3. The quantitative estimate of drug-likeness (QED) is 0.595. The number of rotatable bonds is 7. The average molecular weight is 350 g/mol. The Bertz CT molecular complexity index is 589. The van der Waals surface area contributed by atoms with E-state index in [9.17, 15) is 4.79 Å². The van der Waals surface area contributed by atoms with Gasteiger partial charge in [-0.1, -0.05) is 52.3 Å². The third-order valence-electron chi connectivity index (χ3n) is 2.98. The molecule has 0 aliphatic rings. The number of ether oxygens (including phenoxy) is 1. The Labute approximate surface area is 131 Å². The molecule has 0 spiro atoms. The summed E-state index contributed by atoms with van der Waals surface area (Å²) < 4.78 is 5.74.